The molecular weight excluding hydrogens is 297 g/mol. The van der Waals surface area contributed by atoms with E-state index >= 15 is 0 Å². The lowest BCUT2D eigenvalue weighted by Gasteiger charge is -2.10. The molecule has 0 amide bonds. The number of hydrogen-bond acceptors (Lipinski definition) is 2. The highest BCUT2D eigenvalue weighted by Gasteiger charge is 2.05. The zero-order chi connectivity index (χ0) is 13.1. The molecule has 0 bridgehead atoms. The Balaban J connectivity index is 2.33. The van der Waals surface area contributed by atoms with Gasteiger partial charge in [-0.2, -0.15) is 0 Å². The van der Waals surface area contributed by atoms with Gasteiger partial charge in [-0.15, -0.1) is 0 Å². The lowest BCUT2D eigenvalue weighted by atomic mass is 10.2. The second-order valence-electron chi connectivity index (χ2n) is 4.01. The molecule has 0 spiro atoms. The van der Waals surface area contributed by atoms with Crippen LogP contribution in [0.5, 0.6) is 11.5 Å². The standard InChI is InChI=1S/C14H13BrFNO/c1-9-2-3-12(16)7-14(9)18-13-5-10(8-17)4-11(15)6-13/h2-7H,8,17H2,1H3. The van der Waals surface area contributed by atoms with E-state index in [4.69, 9.17) is 10.5 Å². The van der Waals surface area contributed by atoms with E-state index in [2.05, 4.69) is 15.9 Å². The maximum Gasteiger partial charge on any atom is 0.133 e. The van der Waals surface area contributed by atoms with Gasteiger partial charge in [0.15, 0.2) is 0 Å². The smallest absolute Gasteiger partial charge is 0.133 e. The van der Waals surface area contributed by atoms with Crippen LogP contribution < -0.4 is 10.5 Å². The quantitative estimate of drug-likeness (QED) is 0.924. The van der Waals surface area contributed by atoms with Crippen LogP contribution in [0.2, 0.25) is 0 Å². The molecule has 2 nitrogen and oxygen atoms in total. The van der Waals surface area contributed by atoms with Gasteiger partial charge in [-0.25, -0.2) is 4.39 Å². The molecule has 2 aromatic carbocycles. The van der Waals surface area contributed by atoms with Crippen molar-refractivity contribution in [3.63, 3.8) is 0 Å². The lowest BCUT2D eigenvalue weighted by molar-refractivity contribution is 0.472. The van der Waals surface area contributed by atoms with Gasteiger partial charge in [0.2, 0.25) is 0 Å². The van der Waals surface area contributed by atoms with Crippen molar-refractivity contribution in [2.45, 2.75) is 13.5 Å². The number of nitrogens with two attached hydrogens (primary N) is 1. The average Bonchev–Trinajstić information content (AvgIpc) is 2.33. The second kappa shape index (κ2) is 5.50. The van der Waals surface area contributed by atoms with Crippen molar-refractivity contribution >= 4 is 15.9 Å². The summed E-state index contributed by atoms with van der Waals surface area (Å²) < 4.78 is 19.7. The maximum absolute atomic E-state index is 13.2. The van der Waals surface area contributed by atoms with Crippen LogP contribution >= 0.6 is 15.9 Å². The zero-order valence-corrected chi connectivity index (χ0v) is 11.5. The molecule has 0 saturated carbocycles. The average molecular weight is 310 g/mol. The first-order chi connectivity index (χ1) is 8.58. The first-order valence-electron chi connectivity index (χ1n) is 5.52. The first kappa shape index (κ1) is 13.1. The van der Waals surface area contributed by atoms with E-state index in [9.17, 15) is 4.39 Å². The summed E-state index contributed by atoms with van der Waals surface area (Å²) in [5.74, 6) is 0.833. The summed E-state index contributed by atoms with van der Waals surface area (Å²) >= 11 is 3.39. The minimum Gasteiger partial charge on any atom is -0.457 e. The van der Waals surface area contributed by atoms with Crippen molar-refractivity contribution in [1.82, 2.24) is 0 Å². The molecule has 0 fully saturated rings. The number of ether oxygens (including phenoxy) is 1. The van der Waals surface area contributed by atoms with Crippen molar-refractivity contribution in [1.29, 1.82) is 0 Å². The fraction of sp³-hybridized carbons (Fsp3) is 0.143. The highest BCUT2D eigenvalue weighted by molar-refractivity contribution is 9.10. The molecule has 0 radical (unpaired) electrons. The molecule has 0 heterocycles. The number of halogens is 2. The predicted octanol–water partition coefficient (Wildman–Crippen LogP) is 4.15. The van der Waals surface area contributed by atoms with Gasteiger partial charge in [0, 0.05) is 17.1 Å². The van der Waals surface area contributed by atoms with Crippen LogP contribution in [-0.2, 0) is 6.54 Å². The Bertz CT molecular complexity index is 572. The SMILES string of the molecule is Cc1ccc(F)cc1Oc1cc(Br)cc(CN)c1. The van der Waals surface area contributed by atoms with E-state index in [1.807, 2.05) is 25.1 Å². The van der Waals surface area contributed by atoms with E-state index in [0.717, 1.165) is 15.6 Å². The Labute approximate surface area is 114 Å². The first-order valence-corrected chi connectivity index (χ1v) is 6.31. The van der Waals surface area contributed by atoms with Crippen LogP contribution in [-0.4, -0.2) is 0 Å². The highest BCUT2D eigenvalue weighted by Crippen LogP contribution is 2.28. The summed E-state index contributed by atoms with van der Waals surface area (Å²) in [6.07, 6.45) is 0. The third-order valence-electron chi connectivity index (χ3n) is 2.54. The predicted molar refractivity (Wildman–Crippen MR) is 73.2 cm³/mol. The summed E-state index contributed by atoms with van der Waals surface area (Å²) in [4.78, 5) is 0. The summed E-state index contributed by atoms with van der Waals surface area (Å²) in [7, 11) is 0. The molecule has 2 N–H and O–H groups in total. The monoisotopic (exact) mass is 309 g/mol. The number of hydrogen-bond donors (Lipinski definition) is 1. The molecule has 18 heavy (non-hydrogen) atoms. The topological polar surface area (TPSA) is 35.2 Å². The van der Waals surface area contributed by atoms with E-state index < -0.39 is 0 Å². The Hall–Kier alpha value is -1.39. The Morgan fingerprint density at radius 1 is 1.22 bits per heavy atom. The fourth-order valence-electron chi connectivity index (χ4n) is 1.61. The molecule has 4 heteroatoms. The van der Waals surface area contributed by atoms with Gasteiger partial charge >= 0.3 is 0 Å². The van der Waals surface area contributed by atoms with Crippen LogP contribution in [0.15, 0.2) is 40.9 Å². The van der Waals surface area contributed by atoms with Crippen LogP contribution in [0.4, 0.5) is 4.39 Å². The normalized spacial score (nSPS) is 10.4. The molecule has 0 unspecified atom stereocenters. The second-order valence-corrected chi connectivity index (χ2v) is 4.93. The van der Waals surface area contributed by atoms with Crippen LogP contribution in [0.25, 0.3) is 0 Å². The summed E-state index contributed by atoms with van der Waals surface area (Å²) in [5, 5.41) is 0. The van der Waals surface area contributed by atoms with Crippen LogP contribution in [0, 0.1) is 12.7 Å². The summed E-state index contributed by atoms with van der Waals surface area (Å²) in [5.41, 5.74) is 7.43. The van der Waals surface area contributed by atoms with Gasteiger partial charge in [-0.05, 0) is 42.3 Å². The third-order valence-corrected chi connectivity index (χ3v) is 3.00. The number of benzene rings is 2. The van der Waals surface area contributed by atoms with Crippen LogP contribution in [0.3, 0.4) is 0 Å². The lowest BCUT2D eigenvalue weighted by Crippen LogP contribution is -1.97. The largest absolute Gasteiger partial charge is 0.457 e. The molecule has 94 valence electrons. The van der Waals surface area contributed by atoms with Crippen molar-refractivity contribution in [3.8, 4) is 11.5 Å². The molecule has 2 rings (SSSR count). The molecule has 0 aliphatic carbocycles. The van der Waals surface area contributed by atoms with E-state index in [1.165, 1.54) is 12.1 Å². The van der Waals surface area contributed by atoms with Gasteiger partial charge in [0.1, 0.15) is 17.3 Å². The van der Waals surface area contributed by atoms with Gasteiger partial charge < -0.3 is 10.5 Å². The minimum absolute atomic E-state index is 0.315. The maximum atomic E-state index is 13.2. The number of rotatable bonds is 3. The molecular formula is C14H13BrFNO. The highest BCUT2D eigenvalue weighted by atomic mass is 79.9. The Morgan fingerprint density at radius 3 is 2.72 bits per heavy atom. The molecule has 0 aliphatic rings. The number of aryl methyl sites for hydroxylation is 1. The fourth-order valence-corrected chi connectivity index (χ4v) is 2.13. The van der Waals surface area contributed by atoms with Crippen molar-refractivity contribution in [2.75, 3.05) is 0 Å². The van der Waals surface area contributed by atoms with Gasteiger partial charge in [0.25, 0.3) is 0 Å². The van der Waals surface area contributed by atoms with Crippen molar-refractivity contribution < 1.29 is 9.13 Å². The summed E-state index contributed by atoms with van der Waals surface area (Å²) in [6.45, 7) is 2.30. The van der Waals surface area contributed by atoms with E-state index in [0.29, 0.717) is 18.0 Å². The third kappa shape index (κ3) is 3.09. The van der Waals surface area contributed by atoms with Crippen LogP contribution in [0.1, 0.15) is 11.1 Å². The molecule has 2 aromatic rings. The van der Waals surface area contributed by atoms with E-state index in [1.54, 1.807) is 6.07 Å². The molecule has 0 saturated heterocycles. The van der Waals surface area contributed by atoms with Gasteiger partial charge in [-0.1, -0.05) is 22.0 Å². The summed E-state index contributed by atoms with van der Waals surface area (Å²) in [6, 6.07) is 10.1. The molecule has 0 aliphatic heterocycles. The van der Waals surface area contributed by atoms with Gasteiger partial charge in [-0.3, -0.25) is 0 Å². The Morgan fingerprint density at radius 2 is 2.00 bits per heavy atom. The molecule has 0 atom stereocenters. The van der Waals surface area contributed by atoms with Gasteiger partial charge in [0.05, 0.1) is 0 Å². The van der Waals surface area contributed by atoms with Crippen molar-refractivity contribution in [2.24, 2.45) is 5.73 Å². The van der Waals surface area contributed by atoms with E-state index in [-0.39, 0.29) is 5.82 Å². The molecule has 0 aromatic heterocycles. The zero-order valence-electron chi connectivity index (χ0n) is 9.91. The Kier molecular flexibility index (Phi) is 3.99. The minimum atomic E-state index is -0.315. The van der Waals surface area contributed by atoms with Crippen molar-refractivity contribution in [3.05, 3.63) is 57.8 Å².